The molecule has 0 aliphatic heterocycles. The zero-order valence-corrected chi connectivity index (χ0v) is 8.52. The van der Waals surface area contributed by atoms with Crippen molar-refractivity contribution in [3.05, 3.63) is 0 Å². The van der Waals surface area contributed by atoms with Gasteiger partial charge < -0.3 is 5.32 Å². The lowest BCUT2D eigenvalue weighted by Crippen LogP contribution is -2.25. The molecule has 4 heteroatoms. The Kier molecular flexibility index (Phi) is 3.12. The molecule has 0 radical (unpaired) electrons. The Labute approximate surface area is 74.5 Å². The van der Waals surface area contributed by atoms with Gasteiger partial charge in [-0.2, -0.15) is 0 Å². The first kappa shape index (κ1) is 9.99. The van der Waals surface area contributed by atoms with Crippen molar-refractivity contribution in [1.29, 1.82) is 0 Å². The number of nitrogens with one attached hydrogen (secondary N) is 1. The maximum Gasteiger partial charge on any atom is 0.148 e. The molecule has 0 saturated heterocycles. The molecule has 0 amide bonds. The molecule has 72 valence electrons. The van der Waals surface area contributed by atoms with Gasteiger partial charge in [-0.25, -0.2) is 8.42 Å². The van der Waals surface area contributed by atoms with Crippen LogP contribution in [0.25, 0.3) is 0 Å². The molecule has 1 rings (SSSR count). The highest BCUT2D eigenvalue weighted by atomic mass is 32.2. The van der Waals surface area contributed by atoms with E-state index in [4.69, 9.17) is 0 Å². The predicted octanol–water partition coefficient (Wildman–Crippen LogP) is 0.419. The zero-order valence-electron chi connectivity index (χ0n) is 7.71. The second-order valence-corrected chi connectivity index (χ2v) is 5.85. The molecular weight excluding hydrogens is 174 g/mol. The highest BCUT2D eigenvalue weighted by Gasteiger charge is 2.34. The SMILES string of the molecule is CCC1CC1NCCS(C)(=O)=O. The van der Waals surface area contributed by atoms with Crippen LogP contribution in [0.2, 0.25) is 0 Å². The molecule has 2 atom stereocenters. The second kappa shape index (κ2) is 3.75. The van der Waals surface area contributed by atoms with Crippen LogP contribution in [-0.4, -0.2) is 33.0 Å². The normalized spacial score (nSPS) is 28.8. The molecule has 0 aromatic rings. The molecule has 0 aromatic heterocycles. The molecular formula is C8H17NO2S. The van der Waals surface area contributed by atoms with Crippen molar-refractivity contribution in [3.8, 4) is 0 Å². The van der Waals surface area contributed by atoms with E-state index in [1.54, 1.807) is 0 Å². The lowest BCUT2D eigenvalue weighted by Gasteiger charge is -2.01. The molecule has 2 unspecified atom stereocenters. The van der Waals surface area contributed by atoms with Crippen molar-refractivity contribution in [2.75, 3.05) is 18.6 Å². The fraction of sp³-hybridized carbons (Fsp3) is 1.00. The predicted molar refractivity (Wildman–Crippen MR) is 49.9 cm³/mol. The van der Waals surface area contributed by atoms with Crippen molar-refractivity contribution in [1.82, 2.24) is 5.32 Å². The van der Waals surface area contributed by atoms with Crippen LogP contribution in [0.15, 0.2) is 0 Å². The van der Waals surface area contributed by atoms with E-state index in [1.165, 1.54) is 19.1 Å². The van der Waals surface area contributed by atoms with Gasteiger partial charge in [0.25, 0.3) is 0 Å². The Morgan fingerprint density at radius 1 is 1.50 bits per heavy atom. The van der Waals surface area contributed by atoms with Crippen LogP contribution in [0, 0.1) is 5.92 Å². The van der Waals surface area contributed by atoms with Crippen LogP contribution in [0.3, 0.4) is 0 Å². The molecule has 0 aromatic carbocycles. The quantitative estimate of drug-likeness (QED) is 0.685. The minimum Gasteiger partial charge on any atom is -0.313 e. The minimum absolute atomic E-state index is 0.264. The molecule has 1 aliphatic rings. The fourth-order valence-corrected chi connectivity index (χ4v) is 1.87. The van der Waals surface area contributed by atoms with Crippen molar-refractivity contribution in [2.24, 2.45) is 5.92 Å². The summed E-state index contributed by atoms with van der Waals surface area (Å²) >= 11 is 0. The Morgan fingerprint density at radius 2 is 2.17 bits per heavy atom. The van der Waals surface area contributed by atoms with Gasteiger partial charge in [-0.1, -0.05) is 13.3 Å². The average Bonchev–Trinajstić information content (AvgIpc) is 2.64. The van der Waals surface area contributed by atoms with Gasteiger partial charge in [0.1, 0.15) is 9.84 Å². The Morgan fingerprint density at radius 3 is 2.58 bits per heavy atom. The summed E-state index contributed by atoms with van der Waals surface area (Å²) in [6, 6.07) is 0.594. The Balaban J connectivity index is 2.05. The summed E-state index contributed by atoms with van der Waals surface area (Å²) in [7, 11) is -2.78. The van der Waals surface area contributed by atoms with Gasteiger partial charge in [0.15, 0.2) is 0 Å². The summed E-state index contributed by atoms with van der Waals surface area (Å²) in [6.45, 7) is 2.78. The topological polar surface area (TPSA) is 46.2 Å². The molecule has 3 nitrogen and oxygen atoms in total. The third-order valence-corrected chi connectivity index (χ3v) is 3.27. The largest absolute Gasteiger partial charge is 0.313 e. The first-order valence-corrected chi connectivity index (χ1v) is 6.50. The summed E-state index contributed by atoms with van der Waals surface area (Å²) in [5.41, 5.74) is 0. The van der Waals surface area contributed by atoms with Crippen LogP contribution in [0.4, 0.5) is 0 Å². The van der Waals surface area contributed by atoms with E-state index < -0.39 is 9.84 Å². The third kappa shape index (κ3) is 3.54. The molecule has 12 heavy (non-hydrogen) atoms. The summed E-state index contributed by atoms with van der Waals surface area (Å²) in [5.74, 6) is 1.06. The summed E-state index contributed by atoms with van der Waals surface area (Å²) < 4.78 is 21.5. The van der Waals surface area contributed by atoms with Crippen molar-refractivity contribution in [3.63, 3.8) is 0 Å². The molecule has 0 bridgehead atoms. The summed E-state index contributed by atoms with van der Waals surface area (Å²) in [5, 5.41) is 3.23. The highest BCUT2D eigenvalue weighted by molar-refractivity contribution is 7.90. The first-order valence-electron chi connectivity index (χ1n) is 4.44. The second-order valence-electron chi connectivity index (χ2n) is 3.59. The molecule has 1 fully saturated rings. The first-order chi connectivity index (χ1) is 5.53. The highest BCUT2D eigenvalue weighted by Crippen LogP contribution is 2.32. The van der Waals surface area contributed by atoms with Crippen LogP contribution < -0.4 is 5.32 Å². The van der Waals surface area contributed by atoms with Crippen LogP contribution in [0.1, 0.15) is 19.8 Å². The van der Waals surface area contributed by atoms with E-state index in [2.05, 4.69) is 12.2 Å². The molecule has 1 N–H and O–H groups in total. The maximum absolute atomic E-state index is 10.7. The fourth-order valence-electron chi connectivity index (χ4n) is 1.38. The molecule has 1 aliphatic carbocycles. The third-order valence-electron chi connectivity index (χ3n) is 2.33. The molecule has 0 spiro atoms. The van der Waals surface area contributed by atoms with E-state index in [0.717, 1.165) is 5.92 Å². The molecule has 0 heterocycles. The number of hydrogen-bond acceptors (Lipinski definition) is 3. The van der Waals surface area contributed by atoms with Crippen molar-refractivity contribution >= 4 is 9.84 Å². The van der Waals surface area contributed by atoms with Crippen LogP contribution in [0.5, 0.6) is 0 Å². The van der Waals surface area contributed by atoms with Gasteiger partial charge in [-0.15, -0.1) is 0 Å². The number of sulfone groups is 1. The lowest BCUT2D eigenvalue weighted by atomic mass is 10.3. The monoisotopic (exact) mass is 191 g/mol. The zero-order chi connectivity index (χ0) is 9.19. The van der Waals surface area contributed by atoms with Gasteiger partial charge in [-0.05, 0) is 12.3 Å². The van der Waals surface area contributed by atoms with E-state index in [-0.39, 0.29) is 5.75 Å². The van der Waals surface area contributed by atoms with E-state index in [9.17, 15) is 8.42 Å². The summed E-state index contributed by atoms with van der Waals surface area (Å²) in [4.78, 5) is 0. The van der Waals surface area contributed by atoms with Gasteiger partial charge in [0.05, 0.1) is 5.75 Å². The van der Waals surface area contributed by atoms with Gasteiger partial charge in [0.2, 0.25) is 0 Å². The number of rotatable bonds is 5. The number of hydrogen-bond donors (Lipinski definition) is 1. The lowest BCUT2D eigenvalue weighted by molar-refractivity contribution is 0.591. The van der Waals surface area contributed by atoms with Gasteiger partial charge in [0, 0.05) is 18.8 Å². The summed E-state index contributed by atoms with van der Waals surface area (Å²) in [6.07, 6.45) is 3.70. The Bertz CT molecular complexity index is 235. The average molecular weight is 191 g/mol. The molecule has 1 saturated carbocycles. The van der Waals surface area contributed by atoms with Gasteiger partial charge in [-0.3, -0.25) is 0 Å². The van der Waals surface area contributed by atoms with Gasteiger partial charge >= 0.3 is 0 Å². The van der Waals surface area contributed by atoms with E-state index >= 15 is 0 Å². The standard InChI is InChI=1S/C8H17NO2S/c1-3-7-6-8(7)9-4-5-12(2,10)11/h7-9H,3-6H2,1-2H3. The van der Waals surface area contributed by atoms with Crippen molar-refractivity contribution in [2.45, 2.75) is 25.8 Å². The van der Waals surface area contributed by atoms with Crippen LogP contribution in [-0.2, 0) is 9.84 Å². The smallest absolute Gasteiger partial charge is 0.148 e. The van der Waals surface area contributed by atoms with E-state index in [1.807, 2.05) is 0 Å². The maximum atomic E-state index is 10.7. The van der Waals surface area contributed by atoms with E-state index in [0.29, 0.717) is 12.6 Å². The Hall–Kier alpha value is -0.0900. The van der Waals surface area contributed by atoms with Crippen molar-refractivity contribution < 1.29 is 8.42 Å². The minimum atomic E-state index is -2.78. The van der Waals surface area contributed by atoms with Crippen LogP contribution >= 0.6 is 0 Å².